The molecule has 1 aliphatic heterocycles. The van der Waals surface area contributed by atoms with Gasteiger partial charge < -0.3 is 4.90 Å². The second-order valence-electron chi connectivity index (χ2n) is 4.11. The molecule has 0 saturated heterocycles. The van der Waals surface area contributed by atoms with Crippen LogP contribution in [0.1, 0.15) is 20.3 Å². The largest absolute Gasteiger partial charge is 0.312 e. The lowest BCUT2D eigenvalue weighted by molar-refractivity contribution is -0.124. The van der Waals surface area contributed by atoms with E-state index in [1.165, 1.54) is 6.34 Å². The normalized spacial score (nSPS) is 18.6. The first kappa shape index (κ1) is 14.1. The molecule has 0 atom stereocenters. The van der Waals surface area contributed by atoms with Gasteiger partial charge in [-0.25, -0.2) is 4.99 Å². The van der Waals surface area contributed by atoms with Crippen LogP contribution in [-0.2, 0) is 4.79 Å². The average Bonchev–Trinajstić information content (AvgIpc) is 2.32. The molecule has 4 nitrogen and oxygen atoms in total. The van der Waals surface area contributed by atoms with Crippen molar-refractivity contribution >= 4 is 18.0 Å². The van der Waals surface area contributed by atoms with Gasteiger partial charge in [0, 0.05) is 30.5 Å². The molecule has 0 aliphatic carbocycles. The van der Waals surface area contributed by atoms with Gasteiger partial charge in [0.15, 0.2) is 0 Å². The summed E-state index contributed by atoms with van der Waals surface area (Å²) in [5.41, 5.74) is 2.26. The Hall–Kier alpha value is -1.97. The number of carbonyl (C=O) groups excluding carboxylic acids is 1. The zero-order valence-corrected chi connectivity index (χ0v) is 11.2. The van der Waals surface area contributed by atoms with E-state index in [4.69, 9.17) is 0 Å². The number of carbonyl (C=O) groups is 1. The number of nitrogens with zero attached hydrogens (tertiary/aromatic N) is 3. The molecule has 0 aromatic heterocycles. The lowest BCUT2D eigenvalue weighted by Gasteiger charge is -2.19. The van der Waals surface area contributed by atoms with Crippen LogP contribution in [0.25, 0.3) is 0 Å². The Balaban J connectivity index is 2.86. The molecule has 18 heavy (non-hydrogen) atoms. The first-order valence-electron chi connectivity index (χ1n) is 5.86. The Kier molecular flexibility index (Phi) is 5.24. The third-order valence-electron chi connectivity index (χ3n) is 2.62. The fourth-order valence-electron chi connectivity index (χ4n) is 1.56. The zero-order chi connectivity index (χ0) is 13.5. The number of rotatable bonds is 3. The van der Waals surface area contributed by atoms with Crippen molar-refractivity contribution < 1.29 is 4.79 Å². The topological polar surface area (TPSA) is 45.0 Å². The van der Waals surface area contributed by atoms with Crippen molar-refractivity contribution in [2.75, 3.05) is 13.6 Å². The Bertz CT molecular complexity index is 456. The van der Waals surface area contributed by atoms with Crippen LogP contribution in [0.3, 0.4) is 0 Å². The third kappa shape index (κ3) is 3.80. The van der Waals surface area contributed by atoms with Crippen molar-refractivity contribution in [3.63, 3.8) is 0 Å². The zero-order valence-electron chi connectivity index (χ0n) is 11.2. The Morgan fingerprint density at radius 1 is 1.56 bits per heavy atom. The van der Waals surface area contributed by atoms with Gasteiger partial charge in [0.25, 0.3) is 5.91 Å². The molecular weight excluding hydrogens is 226 g/mol. The summed E-state index contributed by atoms with van der Waals surface area (Å²) in [7, 11) is 1.72. The number of aliphatic imine (C=N–C) groups is 2. The van der Waals surface area contributed by atoms with Gasteiger partial charge in [0.2, 0.25) is 0 Å². The second-order valence-corrected chi connectivity index (χ2v) is 4.11. The summed E-state index contributed by atoms with van der Waals surface area (Å²) in [5, 5.41) is 0. The summed E-state index contributed by atoms with van der Waals surface area (Å²) < 4.78 is 0. The van der Waals surface area contributed by atoms with Crippen LogP contribution >= 0.6 is 0 Å². The summed E-state index contributed by atoms with van der Waals surface area (Å²) in [4.78, 5) is 22.0. The predicted molar refractivity (Wildman–Crippen MR) is 75.9 cm³/mol. The maximum Gasteiger partial charge on any atom is 0.254 e. The van der Waals surface area contributed by atoms with Crippen LogP contribution in [0.2, 0.25) is 0 Å². The van der Waals surface area contributed by atoms with Gasteiger partial charge in [-0.05, 0) is 19.9 Å². The molecule has 1 heterocycles. The van der Waals surface area contributed by atoms with Crippen molar-refractivity contribution in [3.05, 3.63) is 36.1 Å². The molecule has 0 radical (unpaired) electrons. The summed E-state index contributed by atoms with van der Waals surface area (Å²) in [6.45, 7) is 8.12. The fraction of sp³-hybridized carbons (Fsp3) is 0.357. The molecule has 0 unspecified atom stereocenters. The maximum absolute atomic E-state index is 12.3. The Morgan fingerprint density at radius 2 is 2.28 bits per heavy atom. The number of hydrogen-bond donors (Lipinski definition) is 0. The van der Waals surface area contributed by atoms with E-state index < -0.39 is 0 Å². The molecule has 0 saturated carbocycles. The van der Waals surface area contributed by atoms with Crippen LogP contribution < -0.4 is 0 Å². The molecule has 0 bridgehead atoms. The molecule has 96 valence electrons. The standard InChI is InChI=1S/C14H19N3O/c1-5-6-12(3)17(4)14(18)13-7-8-15-10-16-11(2)9-13/h5-7,10H,3,8-9H2,1-2,4H3/b6-5-,13-7+,15-10?,16-11?. The van der Waals surface area contributed by atoms with Gasteiger partial charge in [-0.15, -0.1) is 0 Å². The van der Waals surface area contributed by atoms with E-state index in [9.17, 15) is 4.79 Å². The predicted octanol–water partition coefficient (Wildman–Crippen LogP) is 2.35. The molecule has 1 rings (SSSR count). The van der Waals surface area contributed by atoms with Crippen LogP contribution in [0, 0.1) is 0 Å². The molecule has 0 aromatic carbocycles. The molecule has 0 N–H and O–H groups in total. The van der Waals surface area contributed by atoms with Gasteiger partial charge in [-0.2, -0.15) is 0 Å². The smallest absolute Gasteiger partial charge is 0.254 e. The minimum atomic E-state index is -0.0512. The monoisotopic (exact) mass is 245 g/mol. The van der Waals surface area contributed by atoms with Crippen molar-refractivity contribution in [1.29, 1.82) is 0 Å². The van der Waals surface area contributed by atoms with E-state index in [2.05, 4.69) is 16.6 Å². The highest BCUT2D eigenvalue weighted by Gasteiger charge is 2.16. The van der Waals surface area contributed by atoms with Gasteiger partial charge in [0.05, 0.1) is 6.54 Å². The molecule has 4 heteroatoms. The quantitative estimate of drug-likeness (QED) is 0.704. The Labute approximate surface area is 108 Å². The summed E-state index contributed by atoms with van der Waals surface area (Å²) in [5.74, 6) is -0.0512. The van der Waals surface area contributed by atoms with Gasteiger partial charge in [-0.1, -0.05) is 18.7 Å². The molecule has 0 aromatic rings. The highest BCUT2D eigenvalue weighted by atomic mass is 16.2. The van der Waals surface area contributed by atoms with Crippen molar-refractivity contribution in [3.8, 4) is 0 Å². The Morgan fingerprint density at radius 3 is 2.94 bits per heavy atom. The fourth-order valence-corrected chi connectivity index (χ4v) is 1.56. The third-order valence-corrected chi connectivity index (χ3v) is 2.62. The molecule has 0 spiro atoms. The van der Waals surface area contributed by atoms with E-state index in [1.807, 2.05) is 26.0 Å². The minimum absolute atomic E-state index is 0.0512. The van der Waals surface area contributed by atoms with Gasteiger partial charge in [-0.3, -0.25) is 9.79 Å². The molecule has 1 aliphatic rings. The highest BCUT2D eigenvalue weighted by Crippen LogP contribution is 2.12. The van der Waals surface area contributed by atoms with Crippen LogP contribution in [-0.4, -0.2) is 36.4 Å². The van der Waals surface area contributed by atoms with Crippen LogP contribution in [0.5, 0.6) is 0 Å². The number of likely N-dealkylation sites (N-methyl/N-ethyl adjacent to an activating group) is 1. The van der Waals surface area contributed by atoms with E-state index >= 15 is 0 Å². The lowest BCUT2D eigenvalue weighted by atomic mass is 10.1. The van der Waals surface area contributed by atoms with Crippen LogP contribution in [0.4, 0.5) is 0 Å². The molecular formula is C14H19N3O. The lowest BCUT2D eigenvalue weighted by Crippen LogP contribution is -2.27. The van der Waals surface area contributed by atoms with E-state index in [1.54, 1.807) is 18.0 Å². The van der Waals surface area contributed by atoms with E-state index in [0.29, 0.717) is 24.2 Å². The molecule has 0 fully saturated rings. The second kappa shape index (κ2) is 6.69. The van der Waals surface area contributed by atoms with Gasteiger partial charge >= 0.3 is 0 Å². The first-order chi connectivity index (χ1) is 8.56. The van der Waals surface area contributed by atoms with Gasteiger partial charge in [0.1, 0.15) is 6.34 Å². The highest BCUT2D eigenvalue weighted by molar-refractivity contribution is 6.02. The summed E-state index contributed by atoms with van der Waals surface area (Å²) in [6.07, 6.45) is 7.60. The maximum atomic E-state index is 12.3. The summed E-state index contributed by atoms with van der Waals surface area (Å²) >= 11 is 0. The average molecular weight is 245 g/mol. The number of amides is 1. The first-order valence-corrected chi connectivity index (χ1v) is 5.86. The van der Waals surface area contributed by atoms with E-state index in [0.717, 1.165) is 5.71 Å². The van der Waals surface area contributed by atoms with Crippen molar-refractivity contribution in [2.45, 2.75) is 20.3 Å². The van der Waals surface area contributed by atoms with Crippen molar-refractivity contribution in [1.82, 2.24) is 4.90 Å². The van der Waals surface area contributed by atoms with E-state index in [-0.39, 0.29) is 5.91 Å². The molecule has 1 amide bonds. The number of allylic oxidation sites excluding steroid dienone is 2. The van der Waals surface area contributed by atoms with Crippen molar-refractivity contribution in [2.24, 2.45) is 9.98 Å². The number of hydrogen-bond acceptors (Lipinski definition) is 3. The minimum Gasteiger partial charge on any atom is -0.312 e. The van der Waals surface area contributed by atoms with Crippen LogP contribution in [0.15, 0.2) is 46.1 Å². The summed E-state index contributed by atoms with van der Waals surface area (Å²) in [6, 6.07) is 0. The SMILES string of the molecule is C=C(/C=C\C)N(C)C(=O)/C1=C/CN=CN=C(C)C1.